The van der Waals surface area contributed by atoms with Crippen molar-refractivity contribution in [1.82, 2.24) is 0 Å². The minimum Gasteiger partial charge on any atom is -0.481 e. The van der Waals surface area contributed by atoms with Crippen molar-refractivity contribution in [3.63, 3.8) is 0 Å². The van der Waals surface area contributed by atoms with Gasteiger partial charge in [-0.1, -0.05) is 23.9 Å². The quantitative estimate of drug-likeness (QED) is 0.708. The van der Waals surface area contributed by atoms with E-state index in [0.29, 0.717) is 15.8 Å². The number of sulfone groups is 1. The molecular formula is C19H15FO4S2. The van der Waals surface area contributed by atoms with Gasteiger partial charge in [0.25, 0.3) is 0 Å². The first-order valence-electron chi connectivity index (χ1n) is 7.64. The lowest BCUT2D eigenvalue weighted by Crippen LogP contribution is -2.00. The van der Waals surface area contributed by atoms with Crippen LogP contribution in [0.3, 0.4) is 0 Å². The summed E-state index contributed by atoms with van der Waals surface area (Å²) in [6.07, 6.45) is 1.01. The van der Waals surface area contributed by atoms with Crippen LogP contribution >= 0.6 is 11.8 Å². The average Bonchev–Trinajstić information content (AvgIpc) is 2.54. The smallest absolute Gasteiger partial charge is 0.307 e. The standard InChI is InChI=1S/C19H15FO4S2/c1-26(23,24)16-6-4-15(5-7-16)25-18-9-12(10-19(21)22)8-13-2-3-14(20)11-17(13)18/h2-9,11H,10H2,1H3,(H,21,22). The highest BCUT2D eigenvalue weighted by Crippen LogP contribution is 2.35. The van der Waals surface area contributed by atoms with Crippen molar-refractivity contribution in [2.45, 2.75) is 21.1 Å². The van der Waals surface area contributed by atoms with Gasteiger partial charge in [0.1, 0.15) is 5.82 Å². The van der Waals surface area contributed by atoms with Crippen molar-refractivity contribution in [2.75, 3.05) is 6.26 Å². The molecule has 0 unspecified atom stereocenters. The summed E-state index contributed by atoms with van der Waals surface area (Å²) in [5.41, 5.74) is 0.617. The first-order chi connectivity index (χ1) is 12.2. The predicted octanol–water partition coefficient (Wildman–Crippen LogP) is 4.16. The Morgan fingerprint density at radius 2 is 1.77 bits per heavy atom. The van der Waals surface area contributed by atoms with E-state index < -0.39 is 15.8 Å². The third kappa shape index (κ3) is 4.23. The number of benzene rings is 3. The minimum absolute atomic E-state index is 0.131. The lowest BCUT2D eigenvalue weighted by molar-refractivity contribution is -0.136. The van der Waals surface area contributed by atoms with Crippen LogP contribution in [0.2, 0.25) is 0 Å². The molecule has 3 aromatic rings. The molecule has 0 bridgehead atoms. The van der Waals surface area contributed by atoms with E-state index in [4.69, 9.17) is 5.11 Å². The van der Waals surface area contributed by atoms with Gasteiger partial charge < -0.3 is 5.11 Å². The van der Waals surface area contributed by atoms with Crippen LogP contribution in [0.1, 0.15) is 5.56 Å². The van der Waals surface area contributed by atoms with Gasteiger partial charge in [0.05, 0.1) is 11.3 Å². The second-order valence-electron chi connectivity index (χ2n) is 5.88. The summed E-state index contributed by atoms with van der Waals surface area (Å²) in [5.74, 6) is -1.32. The highest BCUT2D eigenvalue weighted by molar-refractivity contribution is 7.99. The lowest BCUT2D eigenvalue weighted by atomic mass is 10.0. The van der Waals surface area contributed by atoms with Crippen LogP contribution in [0.25, 0.3) is 10.8 Å². The van der Waals surface area contributed by atoms with E-state index in [1.54, 1.807) is 30.3 Å². The number of carbonyl (C=O) groups is 1. The van der Waals surface area contributed by atoms with E-state index in [0.717, 1.165) is 16.5 Å². The Bertz CT molecular complexity index is 1090. The van der Waals surface area contributed by atoms with Crippen molar-refractivity contribution < 1.29 is 22.7 Å². The summed E-state index contributed by atoms with van der Waals surface area (Å²) in [7, 11) is -3.28. The number of halogens is 1. The summed E-state index contributed by atoms with van der Waals surface area (Å²) in [6, 6.07) is 14.2. The van der Waals surface area contributed by atoms with Gasteiger partial charge in [0.2, 0.25) is 0 Å². The largest absolute Gasteiger partial charge is 0.481 e. The Kier molecular flexibility index (Phi) is 5.02. The van der Waals surface area contributed by atoms with E-state index in [9.17, 15) is 17.6 Å². The second kappa shape index (κ2) is 7.09. The fourth-order valence-electron chi connectivity index (χ4n) is 2.60. The molecule has 134 valence electrons. The Morgan fingerprint density at radius 3 is 2.38 bits per heavy atom. The zero-order valence-electron chi connectivity index (χ0n) is 13.8. The maximum atomic E-state index is 13.7. The van der Waals surface area contributed by atoms with Gasteiger partial charge in [0, 0.05) is 16.0 Å². The average molecular weight is 390 g/mol. The van der Waals surface area contributed by atoms with Crippen LogP contribution < -0.4 is 0 Å². The van der Waals surface area contributed by atoms with Crippen molar-refractivity contribution in [3.8, 4) is 0 Å². The summed E-state index contributed by atoms with van der Waals surface area (Å²) in [4.78, 5) is 12.7. The van der Waals surface area contributed by atoms with Crippen LogP contribution in [0.4, 0.5) is 4.39 Å². The van der Waals surface area contributed by atoms with Gasteiger partial charge in [-0.15, -0.1) is 0 Å². The van der Waals surface area contributed by atoms with Gasteiger partial charge in [-0.25, -0.2) is 12.8 Å². The van der Waals surface area contributed by atoms with Crippen molar-refractivity contribution >= 4 is 38.3 Å². The molecule has 1 N–H and O–H groups in total. The zero-order chi connectivity index (χ0) is 18.9. The number of aliphatic carboxylic acids is 1. The van der Waals surface area contributed by atoms with Crippen molar-refractivity contribution in [3.05, 3.63) is 66.0 Å². The number of carboxylic acid groups (broad SMARTS) is 1. The molecule has 0 atom stereocenters. The molecule has 0 radical (unpaired) electrons. The molecule has 3 rings (SSSR count). The molecule has 0 aliphatic rings. The highest BCUT2D eigenvalue weighted by atomic mass is 32.2. The molecule has 0 aromatic heterocycles. The molecular weight excluding hydrogens is 375 g/mol. The van der Waals surface area contributed by atoms with Gasteiger partial charge in [-0.2, -0.15) is 0 Å². The van der Waals surface area contributed by atoms with Crippen LogP contribution in [0.15, 0.2) is 69.3 Å². The van der Waals surface area contributed by atoms with Crippen molar-refractivity contribution in [2.24, 2.45) is 0 Å². The SMILES string of the molecule is CS(=O)(=O)c1ccc(Sc2cc(CC(=O)O)cc3ccc(F)cc23)cc1. The predicted molar refractivity (Wildman–Crippen MR) is 98.9 cm³/mol. The normalized spacial score (nSPS) is 11.6. The Balaban J connectivity index is 2.04. The van der Waals surface area contributed by atoms with Gasteiger partial charge >= 0.3 is 5.97 Å². The maximum absolute atomic E-state index is 13.7. The lowest BCUT2D eigenvalue weighted by Gasteiger charge is -2.10. The maximum Gasteiger partial charge on any atom is 0.307 e. The number of rotatable bonds is 5. The molecule has 0 heterocycles. The third-order valence-corrected chi connectivity index (χ3v) is 5.97. The highest BCUT2D eigenvalue weighted by Gasteiger charge is 2.11. The second-order valence-corrected chi connectivity index (χ2v) is 9.01. The summed E-state index contributed by atoms with van der Waals surface area (Å²) >= 11 is 1.33. The van der Waals surface area contributed by atoms with E-state index in [2.05, 4.69) is 0 Å². The summed E-state index contributed by atoms with van der Waals surface area (Å²) < 4.78 is 36.8. The van der Waals surface area contributed by atoms with Crippen LogP contribution in [0.5, 0.6) is 0 Å². The molecule has 0 saturated carbocycles. The van der Waals surface area contributed by atoms with E-state index >= 15 is 0 Å². The number of carboxylic acids is 1. The first kappa shape index (κ1) is 18.4. The van der Waals surface area contributed by atoms with Gasteiger partial charge in [0.15, 0.2) is 9.84 Å². The Hall–Kier alpha value is -2.38. The molecule has 0 aliphatic carbocycles. The summed E-state index contributed by atoms with van der Waals surface area (Å²) in [5, 5.41) is 10.5. The fraction of sp³-hybridized carbons (Fsp3) is 0.105. The molecule has 0 aliphatic heterocycles. The van der Waals surface area contributed by atoms with E-state index in [1.807, 2.05) is 0 Å². The van der Waals surface area contributed by atoms with Crippen LogP contribution in [-0.2, 0) is 21.1 Å². The molecule has 0 saturated heterocycles. The van der Waals surface area contributed by atoms with Gasteiger partial charge in [-0.05, 0) is 58.8 Å². The Morgan fingerprint density at radius 1 is 1.08 bits per heavy atom. The number of hydrogen-bond donors (Lipinski definition) is 1. The topological polar surface area (TPSA) is 71.4 Å². The number of fused-ring (bicyclic) bond motifs is 1. The monoisotopic (exact) mass is 390 g/mol. The van der Waals surface area contributed by atoms with Crippen LogP contribution in [-0.4, -0.2) is 25.7 Å². The molecule has 0 spiro atoms. The fourth-order valence-corrected chi connectivity index (χ4v) is 4.25. The van der Waals surface area contributed by atoms with E-state index in [1.165, 1.54) is 36.0 Å². The molecule has 7 heteroatoms. The molecule has 0 amide bonds. The van der Waals surface area contributed by atoms with Gasteiger partial charge in [-0.3, -0.25) is 4.79 Å². The Labute approximate surface area is 154 Å². The van der Waals surface area contributed by atoms with Crippen LogP contribution in [0, 0.1) is 5.82 Å². The zero-order valence-corrected chi connectivity index (χ0v) is 15.4. The molecule has 0 fully saturated rings. The minimum atomic E-state index is -3.28. The van der Waals surface area contributed by atoms with Crippen molar-refractivity contribution in [1.29, 1.82) is 0 Å². The summed E-state index contributed by atoms with van der Waals surface area (Å²) in [6.45, 7) is 0. The number of hydrogen-bond acceptors (Lipinski definition) is 4. The van der Waals surface area contributed by atoms with E-state index in [-0.39, 0.29) is 17.1 Å². The third-order valence-electron chi connectivity index (χ3n) is 3.77. The molecule has 3 aromatic carbocycles. The first-order valence-corrected chi connectivity index (χ1v) is 10.3. The molecule has 4 nitrogen and oxygen atoms in total. The molecule has 26 heavy (non-hydrogen) atoms.